The van der Waals surface area contributed by atoms with Gasteiger partial charge < -0.3 is 9.84 Å². The summed E-state index contributed by atoms with van der Waals surface area (Å²) < 4.78 is 5.29. The van der Waals surface area contributed by atoms with Gasteiger partial charge in [-0.1, -0.05) is 51.1 Å². The number of esters is 1. The molecule has 0 bridgehead atoms. The smallest absolute Gasteiger partial charge is 0.308 e. The maximum absolute atomic E-state index is 13.6. The predicted molar refractivity (Wildman–Crippen MR) is 148 cm³/mol. The molecule has 0 aromatic heterocycles. The quantitative estimate of drug-likeness (QED) is 0.143. The molecule has 1 aliphatic heterocycles. The van der Waals surface area contributed by atoms with Crippen molar-refractivity contribution in [2.75, 3.05) is 4.90 Å². The predicted octanol–water partition coefficient (Wildman–Crippen LogP) is 6.46. The van der Waals surface area contributed by atoms with Gasteiger partial charge in [-0.3, -0.25) is 19.3 Å². The van der Waals surface area contributed by atoms with Gasteiger partial charge in [-0.2, -0.15) is 0 Å². The van der Waals surface area contributed by atoms with E-state index in [2.05, 4.69) is 20.8 Å². The second-order valence-electron chi connectivity index (χ2n) is 10.9. The summed E-state index contributed by atoms with van der Waals surface area (Å²) in [6.07, 6.45) is 0. The number of benzene rings is 3. The maximum atomic E-state index is 13.6. The van der Waals surface area contributed by atoms with Crippen molar-refractivity contribution in [3.05, 3.63) is 99.6 Å². The highest BCUT2D eigenvalue weighted by Gasteiger charge is 2.47. The van der Waals surface area contributed by atoms with Crippen molar-refractivity contribution in [3.63, 3.8) is 0 Å². The Morgan fingerprint density at radius 2 is 1.58 bits per heavy atom. The van der Waals surface area contributed by atoms with Gasteiger partial charge in [-0.05, 0) is 84.3 Å². The van der Waals surface area contributed by atoms with Gasteiger partial charge in [0.05, 0.1) is 11.6 Å². The molecule has 0 radical (unpaired) electrons. The number of anilines is 1. The highest BCUT2D eigenvalue weighted by atomic mass is 16.5. The molecule has 6 nitrogen and oxygen atoms in total. The highest BCUT2D eigenvalue weighted by molar-refractivity contribution is 6.51. The molecule has 3 aromatic carbocycles. The molecule has 6 heteroatoms. The van der Waals surface area contributed by atoms with E-state index >= 15 is 0 Å². The number of Topliss-reactive ketones (excluding diaryl/α,β-unsaturated/α-hetero) is 1. The number of nitrogens with zero attached hydrogens (tertiary/aromatic N) is 1. The molecule has 1 atom stereocenters. The lowest BCUT2D eigenvalue weighted by Crippen LogP contribution is -2.29. The fraction of sp³-hybridized carbons (Fsp3) is 0.281. The Morgan fingerprint density at radius 3 is 2.21 bits per heavy atom. The van der Waals surface area contributed by atoms with Crippen LogP contribution in [0.3, 0.4) is 0 Å². The SMILES string of the molecule is CC(=O)Oc1cccc(C2/C(=C(\O)c3cc(C(C)(C)C)ccc3C)C(=O)C(=O)N2c2ccc(C)c(C)c2)c1. The fourth-order valence-electron chi connectivity index (χ4n) is 4.69. The minimum atomic E-state index is -0.926. The third kappa shape index (κ3) is 4.99. The Bertz CT molecular complexity index is 1490. The van der Waals surface area contributed by atoms with Crippen molar-refractivity contribution in [2.24, 2.45) is 0 Å². The molecular weight excluding hydrogens is 478 g/mol. The van der Waals surface area contributed by atoms with Crippen LogP contribution in [0.25, 0.3) is 5.76 Å². The van der Waals surface area contributed by atoms with Crippen LogP contribution in [0.4, 0.5) is 5.69 Å². The summed E-state index contributed by atoms with van der Waals surface area (Å²) in [5.74, 6) is -1.95. The summed E-state index contributed by atoms with van der Waals surface area (Å²) in [6.45, 7) is 13.3. The Kier molecular flexibility index (Phi) is 7.02. The molecule has 0 saturated carbocycles. The van der Waals surface area contributed by atoms with Crippen LogP contribution in [0, 0.1) is 20.8 Å². The lowest BCUT2D eigenvalue weighted by atomic mass is 9.84. The third-order valence-electron chi connectivity index (χ3n) is 7.01. The number of carbonyl (C=O) groups is 3. The average Bonchev–Trinajstić information content (AvgIpc) is 3.10. The van der Waals surface area contributed by atoms with E-state index in [1.165, 1.54) is 11.8 Å². The molecule has 1 saturated heterocycles. The van der Waals surface area contributed by atoms with Crippen molar-refractivity contribution in [1.82, 2.24) is 0 Å². The first-order valence-electron chi connectivity index (χ1n) is 12.6. The molecule has 0 aliphatic carbocycles. The number of ketones is 1. The van der Waals surface area contributed by atoms with E-state index in [4.69, 9.17) is 4.74 Å². The number of aliphatic hydroxyl groups is 1. The van der Waals surface area contributed by atoms with Gasteiger partial charge >= 0.3 is 5.97 Å². The molecule has 196 valence electrons. The zero-order chi connectivity index (χ0) is 27.9. The average molecular weight is 512 g/mol. The van der Waals surface area contributed by atoms with E-state index in [1.807, 2.05) is 51.1 Å². The standard InChI is InChI=1S/C32H33NO5/c1-18-12-14-24(15-20(18)3)33-28(22-9-8-10-25(16-22)38-21(4)34)27(30(36)31(33)37)29(35)26-17-23(32(5,6)7)13-11-19(26)2/h8-17,28,35H,1-7H3/b29-27+. The van der Waals surface area contributed by atoms with E-state index in [-0.39, 0.29) is 22.5 Å². The van der Waals surface area contributed by atoms with Gasteiger partial charge in [0.1, 0.15) is 11.5 Å². The van der Waals surface area contributed by atoms with Crippen LogP contribution < -0.4 is 9.64 Å². The van der Waals surface area contributed by atoms with Gasteiger partial charge in [0, 0.05) is 18.2 Å². The van der Waals surface area contributed by atoms with E-state index in [9.17, 15) is 19.5 Å². The Hall–Kier alpha value is -4.19. The van der Waals surface area contributed by atoms with Crippen LogP contribution in [0.2, 0.25) is 0 Å². The minimum Gasteiger partial charge on any atom is -0.507 e. The van der Waals surface area contributed by atoms with Crippen LogP contribution >= 0.6 is 0 Å². The monoisotopic (exact) mass is 511 g/mol. The number of rotatable bonds is 4. The second kappa shape index (κ2) is 9.93. The lowest BCUT2D eigenvalue weighted by Gasteiger charge is -2.26. The molecule has 1 N–H and O–H groups in total. The van der Waals surface area contributed by atoms with E-state index < -0.39 is 23.7 Å². The van der Waals surface area contributed by atoms with Gasteiger partial charge in [0.2, 0.25) is 0 Å². The van der Waals surface area contributed by atoms with Crippen molar-refractivity contribution in [1.29, 1.82) is 0 Å². The van der Waals surface area contributed by atoms with Crippen molar-refractivity contribution in [2.45, 2.75) is 59.9 Å². The summed E-state index contributed by atoms with van der Waals surface area (Å²) in [6, 6.07) is 17.1. The minimum absolute atomic E-state index is 0.0117. The number of aliphatic hydroxyl groups excluding tert-OH is 1. The first-order chi connectivity index (χ1) is 17.8. The van der Waals surface area contributed by atoms with Crippen LogP contribution in [0.1, 0.15) is 67.1 Å². The number of amides is 1. The van der Waals surface area contributed by atoms with E-state index in [0.29, 0.717) is 16.8 Å². The van der Waals surface area contributed by atoms with Crippen molar-refractivity contribution >= 4 is 29.1 Å². The molecular formula is C32H33NO5. The highest BCUT2D eigenvalue weighted by Crippen LogP contribution is 2.44. The van der Waals surface area contributed by atoms with E-state index in [0.717, 1.165) is 22.3 Å². The van der Waals surface area contributed by atoms with E-state index in [1.54, 1.807) is 30.3 Å². The maximum Gasteiger partial charge on any atom is 0.308 e. The van der Waals surface area contributed by atoms with Crippen molar-refractivity contribution in [3.8, 4) is 5.75 Å². The summed E-state index contributed by atoms with van der Waals surface area (Å²) in [5, 5.41) is 11.7. The lowest BCUT2D eigenvalue weighted by molar-refractivity contribution is -0.132. The van der Waals surface area contributed by atoms with Gasteiger partial charge in [0.25, 0.3) is 11.7 Å². The van der Waals surface area contributed by atoms with Crippen LogP contribution in [0.15, 0.2) is 66.2 Å². The molecule has 4 rings (SSSR count). The van der Waals surface area contributed by atoms with Gasteiger partial charge in [-0.25, -0.2) is 0 Å². The summed E-state index contributed by atoms with van der Waals surface area (Å²) >= 11 is 0. The molecule has 1 aliphatic rings. The first kappa shape index (κ1) is 26.9. The van der Waals surface area contributed by atoms with Crippen LogP contribution in [-0.2, 0) is 19.8 Å². The molecule has 1 unspecified atom stereocenters. The zero-order valence-corrected chi connectivity index (χ0v) is 22.9. The van der Waals surface area contributed by atoms with Gasteiger partial charge in [-0.15, -0.1) is 0 Å². The first-order valence-corrected chi connectivity index (χ1v) is 12.6. The third-order valence-corrected chi connectivity index (χ3v) is 7.01. The largest absolute Gasteiger partial charge is 0.507 e. The molecule has 1 heterocycles. The second-order valence-corrected chi connectivity index (χ2v) is 10.9. The zero-order valence-electron chi connectivity index (χ0n) is 22.9. The number of aryl methyl sites for hydroxylation is 3. The van der Waals surface area contributed by atoms with Gasteiger partial charge in [0.15, 0.2) is 0 Å². The Labute approximate surface area is 223 Å². The Morgan fingerprint density at radius 1 is 0.895 bits per heavy atom. The molecule has 1 fully saturated rings. The number of carbonyl (C=O) groups excluding carboxylic acids is 3. The number of hydrogen-bond acceptors (Lipinski definition) is 5. The Balaban J connectivity index is 2.00. The number of ether oxygens (including phenoxy) is 1. The number of hydrogen-bond donors (Lipinski definition) is 1. The summed E-state index contributed by atoms with van der Waals surface area (Å²) in [7, 11) is 0. The normalized spacial score (nSPS) is 17.1. The molecule has 38 heavy (non-hydrogen) atoms. The van der Waals surface area contributed by atoms with Crippen LogP contribution in [0.5, 0.6) is 5.75 Å². The molecule has 1 amide bonds. The topological polar surface area (TPSA) is 83.9 Å². The molecule has 0 spiro atoms. The summed E-state index contributed by atoms with van der Waals surface area (Å²) in [4.78, 5) is 40.2. The fourth-order valence-corrected chi connectivity index (χ4v) is 4.69. The summed E-state index contributed by atoms with van der Waals surface area (Å²) in [5.41, 5.74) is 5.15. The van der Waals surface area contributed by atoms with Crippen LogP contribution in [-0.4, -0.2) is 22.8 Å². The molecule has 3 aromatic rings. The van der Waals surface area contributed by atoms with Crippen molar-refractivity contribution < 1.29 is 24.2 Å².